The Morgan fingerprint density at radius 3 is 2.62 bits per heavy atom. The lowest BCUT2D eigenvalue weighted by Gasteiger charge is -2.18. The van der Waals surface area contributed by atoms with Gasteiger partial charge < -0.3 is 10.2 Å². The molecule has 1 aliphatic heterocycles. The molecule has 0 aromatic heterocycles. The van der Waals surface area contributed by atoms with Crippen LogP contribution in [-0.2, 0) is 11.3 Å². The maximum Gasteiger partial charge on any atom is 0.251 e. The summed E-state index contributed by atoms with van der Waals surface area (Å²) in [5.74, 6) is -0.130. The van der Waals surface area contributed by atoms with E-state index in [4.69, 9.17) is 11.6 Å². The second-order valence-corrected chi connectivity index (χ2v) is 6.39. The third-order valence-corrected chi connectivity index (χ3v) is 4.47. The van der Waals surface area contributed by atoms with Gasteiger partial charge in [-0.25, -0.2) is 0 Å². The molecule has 2 amide bonds. The van der Waals surface area contributed by atoms with Gasteiger partial charge in [-0.05, 0) is 37.1 Å². The third kappa shape index (κ3) is 3.60. The Hall–Kier alpha value is -2.33. The van der Waals surface area contributed by atoms with Crippen molar-refractivity contribution in [2.45, 2.75) is 26.3 Å². The van der Waals surface area contributed by atoms with Crippen LogP contribution in [-0.4, -0.2) is 18.4 Å². The molecule has 3 rings (SSSR count). The smallest absolute Gasteiger partial charge is 0.251 e. The summed E-state index contributed by atoms with van der Waals surface area (Å²) in [7, 11) is 0. The molecule has 2 aromatic rings. The summed E-state index contributed by atoms with van der Waals surface area (Å²) < 4.78 is 0. The number of hydrogen-bond donors (Lipinski definition) is 1. The molecule has 1 N–H and O–H groups in total. The van der Waals surface area contributed by atoms with Gasteiger partial charge in [0.2, 0.25) is 5.91 Å². The van der Waals surface area contributed by atoms with Gasteiger partial charge in [0.15, 0.2) is 0 Å². The summed E-state index contributed by atoms with van der Waals surface area (Å²) in [6.45, 7) is 3.13. The second-order valence-electron chi connectivity index (χ2n) is 5.98. The average Bonchev–Trinajstić information content (AvgIpc) is 3.00. The van der Waals surface area contributed by atoms with Gasteiger partial charge in [-0.15, -0.1) is 0 Å². The Bertz CT molecular complexity index is 771. The molecule has 2 aromatic carbocycles. The SMILES string of the molecule is Cc1ccc(CNC(=O)c2ccc(Cl)c(N3CCCC3=O)c2)cc1. The first kappa shape index (κ1) is 16.5. The van der Waals surface area contributed by atoms with Crippen molar-refractivity contribution in [2.24, 2.45) is 0 Å². The maximum atomic E-state index is 12.4. The zero-order valence-corrected chi connectivity index (χ0v) is 14.3. The molecule has 0 atom stereocenters. The number of halogens is 1. The van der Waals surface area contributed by atoms with Gasteiger partial charge >= 0.3 is 0 Å². The molecule has 0 radical (unpaired) electrons. The van der Waals surface area contributed by atoms with E-state index in [-0.39, 0.29) is 11.8 Å². The number of amides is 2. The van der Waals surface area contributed by atoms with Crippen molar-refractivity contribution in [1.82, 2.24) is 5.32 Å². The van der Waals surface area contributed by atoms with E-state index in [9.17, 15) is 9.59 Å². The molecule has 1 saturated heterocycles. The van der Waals surface area contributed by atoms with Crippen molar-refractivity contribution >= 4 is 29.1 Å². The van der Waals surface area contributed by atoms with Gasteiger partial charge in [-0.2, -0.15) is 0 Å². The lowest BCUT2D eigenvalue weighted by Crippen LogP contribution is -2.26. The number of anilines is 1. The quantitative estimate of drug-likeness (QED) is 0.920. The maximum absolute atomic E-state index is 12.4. The molecule has 0 unspecified atom stereocenters. The molecular weight excluding hydrogens is 324 g/mol. The predicted octanol–water partition coefficient (Wildman–Crippen LogP) is 3.71. The van der Waals surface area contributed by atoms with Gasteiger partial charge in [0.25, 0.3) is 5.91 Å². The van der Waals surface area contributed by atoms with Crippen molar-refractivity contribution in [3.63, 3.8) is 0 Å². The third-order valence-electron chi connectivity index (χ3n) is 4.15. The minimum atomic E-state index is -0.180. The van der Waals surface area contributed by atoms with Gasteiger partial charge in [0.05, 0.1) is 10.7 Å². The normalized spacial score (nSPS) is 14.1. The van der Waals surface area contributed by atoms with Gasteiger partial charge in [0, 0.05) is 25.1 Å². The van der Waals surface area contributed by atoms with Crippen molar-refractivity contribution < 1.29 is 9.59 Å². The van der Waals surface area contributed by atoms with Crippen molar-refractivity contribution in [3.05, 3.63) is 64.2 Å². The Balaban J connectivity index is 1.73. The lowest BCUT2D eigenvalue weighted by atomic mass is 10.1. The molecule has 1 fully saturated rings. The van der Waals surface area contributed by atoms with Crippen LogP contribution in [0.25, 0.3) is 0 Å². The van der Waals surface area contributed by atoms with Crippen LogP contribution in [0.4, 0.5) is 5.69 Å². The largest absolute Gasteiger partial charge is 0.348 e. The summed E-state index contributed by atoms with van der Waals surface area (Å²) >= 11 is 6.21. The molecule has 0 bridgehead atoms. The fraction of sp³-hybridized carbons (Fsp3) is 0.263. The molecule has 0 saturated carbocycles. The monoisotopic (exact) mass is 342 g/mol. The summed E-state index contributed by atoms with van der Waals surface area (Å²) in [6.07, 6.45) is 1.35. The molecule has 5 heteroatoms. The Kier molecular flexibility index (Phi) is 4.86. The zero-order chi connectivity index (χ0) is 17.1. The summed E-state index contributed by atoms with van der Waals surface area (Å²) in [5.41, 5.74) is 3.34. The van der Waals surface area contributed by atoms with E-state index in [0.717, 1.165) is 12.0 Å². The van der Waals surface area contributed by atoms with Crippen LogP contribution < -0.4 is 10.2 Å². The highest BCUT2D eigenvalue weighted by atomic mass is 35.5. The van der Waals surface area contributed by atoms with Crippen LogP contribution in [0.15, 0.2) is 42.5 Å². The Morgan fingerprint density at radius 2 is 1.96 bits per heavy atom. The number of aryl methyl sites for hydroxylation is 1. The van der Waals surface area contributed by atoms with Crippen LogP contribution in [0, 0.1) is 6.92 Å². The molecule has 1 aliphatic rings. The summed E-state index contributed by atoms with van der Waals surface area (Å²) in [4.78, 5) is 26.0. The van der Waals surface area contributed by atoms with Crippen LogP contribution in [0.1, 0.15) is 34.3 Å². The fourth-order valence-corrected chi connectivity index (χ4v) is 2.97. The fourth-order valence-electron chi connectivity index (χ4n) is 2.75. The van der Waals surface area contributed by atoms with E-state index < -0.39 is 0 Å². The molecular formula is C19H19ClN2O2. The molecule has 4 nitrogen and oxygen atoms in total. The van der Waals surface area contributed by atoms with E-state index in [2.05, 4.69) is 5.32 Å². The van der Waals surface area contributed by atoms with Crippen molar-refractivity contribution in [2.75, 3.05) is 11.4 Å². The van der Waals surface area contributed by atoms with E-state index in [1.807, 2.05) is 31.2 Å². The topological polar surface area (TPSA) is 49.4 Å². The minimum Gasteiger partial charge on any atom is -0.348 e. The molecule has 1 heterocycles. The number of carbonyl (C=O) groups excluding carboxylic acids is 2. The first-order chi connectivity index (χ1) is 11.5. The number of rotatable bonds is 4. The molecule has 0 spiro atoms. The minimum absolute atomic E-state index is 0.0501. The second kappa shape index (κ2) is 7.05. The van der Waals surface area contributed by atoms with Gasteiger partial charge in [0.1, 0.15) is 0 Å². The van der Waals surface area contributed by atoms with Gasteiger partial charge in [-0.1, -0.05) is 41.4 Å². The van der Waals surface area contributed by atoms with Crippen molar-refractivity contribution in [3.8, 4) is 0 Å². The highest BCUT2D eigenvalue weighted by molar-refractivity contribution is 6.34. The number of carbonyl (C=O) groups is 2. The van der Waals surface area contributed by atoms with Gasteiger partial charge in [-0.3, -0.25) is 9.59 Å². The van der Waals surface area contributed by atoms with E-state index >= 15 is 0 Å². The number of nitrogens with one attached hydrogen (secondary N) is 1. The first-order valence-corrected chi connectivity index (χ1v) is 8.36. The zero-order valence-electron chi connectivity index (χ0n) is 13.5. The Labute approximate surface area is 146 Å². The summed E-state index contributed by atoms with van der Waals surface area (Å²) in [6, 6.07) is 13.1. The van der Waals surface area contributed by atoms with Crippen LogP contribution in [0.2, 0.25) is 5.02 Å². The van der Waals surface area contributed by atoms with E-state index in [1.165, 1.54) is 5.56 Å². The number of nitrogens with zero attached hydrogens (tertiary/aromatic N) is 1. The van der Waals surface area contributed by atoms with E-state index in [0.29, 0.717) is 35.8 Å². The number of benzene rings is 2. The lowest BCUT2D eigenvalue weighted by molar-refractivity contribution is -0.117. The van der Waals surface area contributed by atoms with Crippen molar-refractivity contribution in [1.29, 1.82) is 0 Å². The standard InChI is InChI=1S/C19H19ClN2O2/c1-13-4-6-14(7-5-13)12-21-19(24)15-8-9-16(20)17(11-15)22-10-2-3-18(22)23/h4-9,11H,2-3,10,12H2,1H3,(H,21,24). The Morgan fingerprint density at radius 1 is 1.21 bits per heavy atom. The van der Waals surface area contributed by atoms with Crippen LogP contribution >= 0.6 is 11.6 Å². The summed E-state index contributed by atoms with van der Waals surface area (Å²) in [5, 5.41) is 3.38. The average molecular weight is 343 g/mol. The number of hydrogen-bond acceptors (Lipinski definition) is 2. The molecule has 0 aliphatic carbocycles. The molecule has 124 valence electrons. The van der Waals surface area contributed by atoms with Crippen LogP contribution in [0.5, 0.6) is 0 Å². The highest BCUT2D eigenvalue weighted by Gasteiger charge is 2.24. The highest BCUT2D eigenvalue weighted by Crippen LogP contribution is 2.30. The van der Waals surface area contributed by atoms with E-state index in [1.54, 1.807) is 23.1 Å². The van der Waals surface area contributed by atoms with Crippen LogP contribution in [0.3, 0.4) is 0 Å². The molecule has 24 heavy (non-hydrogen) atoms. The first-order valence-electron chi connectivity index (χ1n) is 7.98. The predicted molar refractivity (Wildman–Crippen MR) is 95.4 cm³/mol.